The minimum Gasteiger partial charge on any atom is -0.376 e. The zero-order valence-electron chi connectivity index (χ0n) is 35.2. The summed E-state index contributed by atoms with van der Waals surface area (Å²) >= 11 is 0. The molecule has 3 aliphatic heterocycles. The van der Waals surface area contributed by atoms with Crippen LogP contribution in [0.1, 0.15) is 85.7 Å². The first-order valence-corrected chi connectivity index (χ1v) is 21.2. The maximum atomic E-state index is 16.1. The number of benzene rings is 3. The average molecular weight is 841 g/mol. The number of nitrogens with one attached hydrogen (secondary N) is 1. The Kier molecular flexibility index (Phi) is 8.58. The fourth-order valence-corrected chi connectivity index (χ4v) is 10.1. The Bertz CT molecular complexity index is 3090. The molecule has 2 atom stereocenters. The van der Waals surface area contributed by atoms with E-state index in [1.807, 2.05) is 22.6 Å². The average Bonchev–Trinajstić information content (AvgIpc) is 3.80. The molecule has 7 aromatic rings. The predicted molar refractivity (Wildman–Crippen MR) is 229 cm³/mol. The van der Waals surface area contributed by atoms with Gasteiger partial charge in [0, 0.05) is 49.1 Å². The number of hydroxylamine groups is 1. The van der Waals surface area contributed by atoms with Gasteiger partial charge in [-0.1, -0.05) is 6.07 Å². The number of fused-ring (bicyclic) bond motifs is 3. The van der Waals surface area contributed by atoms with Gasteiger partial charge >= 0.3 is 5.69 Å². The van der Waals surface area contributed by atoms with E-state index in [9.17, 15) is 9.18 Å². The minimum absolute atomic E-state index is 0.0663. The van der Waals surface area contributed by atoms with Gasteiger partial charge < -0.3 is 14.2 Å². The van der Waals surface area contributed by atoms with Gasteiger partial charge in [-0.05, 0) is 119 Å². The number of nitrogens with zero attached hydrogens (tertiary/aromatic N) is 9. The lowest BCUT2D eigenvalue weighted by Crippen LogP contribution is -2.44. The number of amides is 1. The first-order chi connectivity index (χ1) is 29.8. The molecule has 2 fully saturated rings. The summed E-state index contributed by atoms with van der Waals surface area (Å²) in [6.07, 6.45) is 7.93. The van der Waals surface area contributed by atoms with E-state index < -0.39 is 23.1 Å². The van der Waals surface area contributed by atoms with E-state index >= 15 is 9.18 Å². The summed E-state index contributed by atoms with van der Waals surface area (Å²) in [5.41, 5.74) is 7.53. The molecule has 11 rings (SSSR count). The standard InChI is InChI=1S/C46H46F2N10O4/c1-26-20-29(6-8-33(26)47)39-41(56-16-15-55(44(56)60)36-11-10-35-32(38(36)48)24-50-53(35)5)40-27(2)54(17-18-57(40)51-39)42(59)37-22-31-21-28(30-12-19-61-45(3,4)23-30)7-9-34(31)58(37)46(13-14-46)43-49-25-62-52-43/h6-11,15-16,20-22,24,27,30H,12-14,17-19,23,25H2,1-5H3,(H,49,52)/t27-,30+/m0/s1. The fraction of sp³-hybridized carbons (Fsp3) is 0.370. The van der Waals surface area contributed by atoms with E-state index in [-0.39, 0.29) is 35.1 Å². The maximum absolute atomic E-state index is 16.1. The van der Waals surface area contributed by atoms with Gasteiger partial charge in [0.1, 0.15) is 34.3 Å². The molecule has 1 aliphatic carbocycles. The molecule has 4 aromatic heterocycles. The zero-order chi connectivity index (χ0) is 42.8. The van der Waals surface area contributed by atoms with Crippen molar-refractivity contribution < 1.29 is 23.1 Å². The van der Waals surface area contributed by atoms with Crippen molar-refractivity contribution in [1.29, 1.82) is 0 Å². The largest absolute Gasteiger partial charge is 0.376 e. The normalized spacial score (nSPS) is 20.4. The highest BCUT2D eigenvalue weighted by Crippen LogP contribution is 2.49. The van der Waals surface area contributed by atoms with Crippen LogP contribution in [0.25, 0.3) is 44.4 Å². The van der Waals surface area contributed by atoms with E-state index in [1.54, 1.807) is 49.1 Å². The summed E-state index contributed by atoms with van der Waals surface area (Å²) in [5.74, 6) is -0.101. The molecule has 0 radical (unpaired) electrons. The molecule has 1 amide bonds. The Morgan fingerprint density at radius 2 is 1.79 bits per heavy atom. The van der Waals surface area contributed by atoms with E-state index in [2.05, 4.69) is 52.2 Å². The van der Waals surface area contributed by atoms with Gasteiger partial charge in [0.25, 0.3) is 5.91 Å². The predicted octanol–water partition coefficient (Wildman–Crippen LogP) is 7.19. The van der Waals surface area contributed by atoms with Crippen LogP contribution < -0.4 is 11.2 Å². The topological polar surface area (TPSA) is 131 Å². The van der Waals surface area contributed by atoms with Gasteiger partial charge in [0.2, 0.25) is 0 Å². The zero-order valence-corrected chi connectivity index (χ0v) is 35.2. The van der Waals surface area contributed by atoms with Crippen LogP contribution in [0.5, 0.6) is 0 Å². The van der Waals surface area contributed by atoms with E-state index in [1.165, 1.54) is 33.2 Å². The number of carbonyl (C=O) groups is 1. The molecule has 1 N–H and O–H groups in total. The highest BCUT2D eigenvalue weighted by molar-refractivity contribution is 6.03. The second-order valence-electron chi connectivity index (χ2n) is 17.8. The Labute approximate surface area is 354 Å². The summed E-state index contributed by atoms with van der Waals surface area (Å²) in [6.45, 7) is 9.43. The summed E-state index contributed by atoms with van der Waals surface area (Å²) in [7, 11) is 1.73. The molecule has 0 spiro atoms. The van der Waals surface area contributed by atoms with Crippen LogP contribution in [0, 0.1) is 18.6 Å². The van der Waals surface area contributed by atoms with Crippen LogP contribution in [0.15, 0.2) is 83.0 Å². The Balaban J connectivity index is 1.04. The monoisotopic (exact) mass is 840 g/mol. The molecule has 4 aliphatic rings. The molecule has 14 nitrogen and oxygen atoms in total. The number of aliphatic imine (C=N–C) groups is 1. The van der Waals surface area contributed by atoms with Crippen LogP contribution in [0.2, 0.25) is 0 Å². The summed E-state index contributed by atoms with van der Waals surface area (Å²) in [6, 6.07) is 16.0. The van der Waals surface area contributed by atoms with Crippen molar-refractivity contribution in [3.8, 4) is 22.6 Å². The SMILES string of the molecule is Cc1cc(-c2nn3c(c2-n2ccn(-c4ccc5c(cnn5C)c4F)c2=O)[C@H](C)N(C(=O)c2cc4cc([C@@H]5CCOC(C)(C)C5)ccc4n2C2(C4=NCON4)CC2)CC3)ccc1F. The number of halogens is 2. The number of hydrogen-bond donors (Lipinski definition) is 1. The van der Waals surface area contributed by atoms with E-state index in [4.69, 9.17) is 14.7 Å². The molecule has 1 saturated carbocycles. The van der Waals surface area contributed by atoms with Crippen LogP contribution in [-0.4, -0.2) is 75.4 Å². The lowest BCUT2D eigenvalue weighted by atomic mass is 9.83. The van der Waals surface area contributed by atoms with Crippen LogP contribution in [-0.2, 0) is 28.7 Å². The lowest BCUT2D eigenvalue weighted by Gasteiger charge is -2.36. The summed E-state index contributed by atoms with van der Waals surface area (Å²) < 4.78 is 45.1. The van der Waals surface area contributed by atoms with Crippen molar-refractivity contribution in [3.05, 3.63) is 118 Å². The highest BCUT2D eigenvalue weighted by atomic mass is 19.1. The number of aryl methyl sites for hydroxylation is 2. The van der Waals surface area contributed by atoms with E-state index in [0.29, 0.717) is 70.9 Å². The van der Waals surface area contributed by atoms with Gasteiger partial charge in [0.05, 0.1) is 46.7 Å². The van der Waals surface area contributed by atoms with Crippen molar-refractivity contribution >= 4 is 33.5 Å². The third-order valence-electron chi connectivity index (χ3n) is 13.5. The maximum Gasteiger partial charge on any atom is 0.337 e. The van der Waals surface area contributed by atoms with Crippen molar-refractivity contribution in [2.75, 3.05) is 19.9 Å². The molecular weight excluding hydrogens is 795 g/mol. The molecule has 16 heteroatoms. The Morgan fingerprint density at radius 1 is 0.984 bits per heavy atom. The van der Waals surface area contributed by atoms with Gasteiger partial charge in [-0.3, -0.25) is 28.1 Å². The number of amidine groups is 1. The van der Waals surface area contributed by atoms with Gasteiger partial charge in [-0.15, -0.1) is 0 Å². The molecule has 7 heterocycles. The van der Waals surface area contributed by atoms with Crippen molar-refractivity contribution in [2.45, 2.75) is 83.0 Å². The molecule has 0 bridgehead atoms. The summed E-state index contributed by atoms with van der Waals surface area (Å²) in [5, 5.41) is 10.5. The van der Waals surface area contributed by atoms with Crippen molar-refractivity contribution in [2.24, 2.45) is 12.0 Å². The molecule has 62 heavy (non-hydrogen) atoms. The van der Waals surface area contributed by atoms with E-state index in [0.717, 1.165) is 36.6 Å². The summed E-state index contributed by atoms with van der Waals surface area (Å²) in [4.78, 5) is 42.0. The van der Waals surface area contributed by atoms with Crippen molar-refractivity contribution in [3.63, 3.8) is 0 Å². The Hall–Kier alpha value is -6.39. The molecule has 1 saturated heterocycles. The highest BCUT2D eigenvalue weighted by Gasteiger charge is 2.53. The van der Waals surface area contributed by atoms with Gasteiger partial charge in [0.15, 0.2) is 12.5 Å². The Morgan fingerprint density at radius 3 is 2.55 bits per heavy atom. The number of imidazole rings is 1. The third-order valence-corrected chi connectivity index (χ3v) is 13.5. The number of hydrogen-bond acceptors (Lipinski definition) is 8. The second kappa shape index (κ2) is 13.8. The second-order valence-corrected chi connectivity index (χ2v) is 17.8. The number of aromatic nitrogens is 7. The lowest BCUT2D eigenvalue weighted by molar-refractivity contribution is -0.0592. The first kappa shape index (κ1) is 38.5. The van der Waals surface area contributed by atoms with Crippen molar-refractivity contribution in [1.82, 2.24) is 43.6 Å². The van der Waals surface area contributed by atoms with Crippen LogP contribution in [0.3, 0.4) is 0 Å². The first-order valence-electron chi connectivity index (χ1n) is 21.2. The molecule has 3 aromatic carbocycles. The quantitative estimate of drug-likeness (QED) is 0.180. The number of carbonyl (C=O) groups excluding carboxylic acids is 1. The fourth-order valence-electron chi connectivity index (χ4n) is 10.1. The third kappa shape index (κ3) is 5.82. The van der Waals surface area contributed by atoms with Crippen LogP contribution >= 0.6 is 0 Å². The smallest absolute Gasteiger partial charge is 0.337 e. The van der Waals surface area contributed by atoms with Gasteiger partial charge in [-0.25, -0.2) is 24.0 Å². The van der Waals surface area contributed by atoms with Crippen LogP contribution in [0.4, 0.5) is 8.78 Å². The van der Waals surface area contributed by atoms with Gasteiger partial charge in [-0.2, -0.15) is 10.2 Å². The number of ether oxygens (including phenoxy) is 1. The molecular formula is C46H46F2N10O4. The minimum atomic E-state index is -0.584. The molecule has 0 unspecified atom stereocenters. The molecule has 318 valence electrons. The number of rotatable bonds is 7.